The van der Waals surface area contributed by atoms with E-state index in [-0.39, 0.29) is 17.9 Å². The Kier molecular flexibility index (Phi) is 7.02. The molecule has 4 rings (SSSR count). The first kappa shape index (κ1) is 23.4. The molecule has 0 atom stereocenters. The SMILES string of the molecule is CCc1nc(-c2cc(S(=O)(=O)N3CCC(C(=O)NC4CCC(C)CC4)CC3)c(C)s2)no1. The second-order valence-corrected chi connectivity index (χ2v) is 12.2. The molecule has 10 heteroatoms. The first-order valence-corrected chi connectivity index (χ1v) is 13.8. The van der Waals surface area contributed by atoms with E-state index in [2.05, 4.69) is 22.4 Å². The predicted molar refractivity (Wildman–Crippen MR) is 123 cm³/mol. The van der Waals surface area contributed by atoms with Gasteiger partial charge < -0.3 is 9.84 Å². The van der Waals surface area contributed by atoms with Gasteiger partial charge in [-0.2, -0.15) is 9.29 Å². The number of thiophene rings is 1. The van der Waals surface area contributed by atoms with Crippen LogP contribution in [0.15, 0.2) is 15.5 Å². The monoisotopic (exact) mass is 480 g/mol. The van der Waals surface area contributed by atoms with Crippen molar-refractivity contribution < 1.29 is 17.7 Å². The van der Waals surface area contributed by atoms with E-state index in [1.165, 1.54) is 15.6 Å². The van der Waals surface area contributed by atoms with Gasteiger partial charge >= 0.3 is 0 Å². The lowest BCUT2D eigenvalue weighted by Gasteiger charge is -2.32. The fourth-order valence-corrected chi connectivity index (χ4v) is 7.51. The Balaban J connectivity index is 1.38. The van der Waals surface area contributed by atoms with Crippen LogP contribution in [0, 0.1) is 18.8 Å². The number of hydrogen-bond donors (Lipinski definition) is 1. The molecule has 0 bridgehead atoms. The molecule has 32 heavy (non-hydrogen) atoms. The van der Waals surface area contributed by atoms with Crippen LogP contribution in [-0.4, -0.2) is 47.9 Å². The molecule has 2 fully saturated rings. The molecule has 0 aromatic carbocycles. The zero-order chi connectivity index (χ0) is 22.9. The van der Waals surface area contributed by atoms with Crippen molar-refractivity contribution in [3.8, 4) is 10.7 Å². The molecule has 1 amide bonds. The van der Waals surface area contributed by atoms with Crippen LogP contribution < -0.4 is 5.32 Å². The minimum Gasteiger partial charge on any atom is -0.353 e. The van der Waals surface area contributed by atoms with Gasteiger partial charge in [-0.25, -0.2) is 8.42 Å². The summed E-state index contributed by atoms with van der Waals surface area (Å²) in [5, 5.41) is 7.16. The summed E-state index contributed by atoms with van der Waals surface area (Å²) < 4.78 is 33.3. The maximum Gasteiger partial charge on any atom is 0.244 e. The van der Waals surface area contributed by atoms with Crippen LogP contribution in [0.3, 0.4) is 0 Å². The molecule has 1 aliphatic carbocycles. The van der Waals surface area contributed by atoms with Gasteiger partial charge in [0.2, 0.25) is 27.6 Å². The maximum atomic E-state index is 13.3. The highest BCUT2D eigenvalue weighted by atomic mass is 32.2. The van der Waals surface area contributed by atoms with Gasteiger partial charge in [0, 0.05) is 36.3 Å². The van der Waals surface area contributed by atoms with E-state index in [1.807, 2.05) is 6.92 Å². The number of carbonyl (C=O) groups is 1. The van der Waals surface area contributed by atoms with Crippen LogP contribution in [0.1, 0.15) is 63.1 Å². The van der Waals surface area contributed by atoms with Crippen LogP contribution in [0.4, 0.5) is 0 Å². The normalized spacial score (nSPS) is 23.3. The summed E-state index contributed by atoms with van der Waals surface area (Å²) in [6.07, 6.45) is 6.13. The highest BCUT2D eigenvalue weighted by molar-refractivity contribution is 7.89. The lowest BCUT2D eigenvalue weighted by Crippen LogP contribution is -2.46. The summed E-state index contributed by atoms with van der Waals surface area (Å²) >= 11 is 1.35. The summed E-state index contributed by atoms with van der Waals surface area (Å²) in [6.45, 7) is 6.69. The summed E-state index contributed by atoms with van der Waals surface area (Å²) in [6, 6.07) is 1.91. The molecule has 176 valence electrons. The average Bonchev–Trinajstić information content (AvgIpc) is 3.42. The molecule has 1 aliphatic heterocycles. The van der Waals surface area contributed by atoms with Crippen LogP contribution >= 0.6 is 11.3 Å². The molecule has 2 aromatic heterocycles. The smallest absolute Gasteiger partial charge is 0.244 e. The number of aryl methyl sites for hydroxylation is 2. The minimum atomic E-state index is -3.64. The molecular weight excluding hydrogens is 448 g/mol. The number of piperidine rings is 1. The molecule has 0 spiro atoms. The van der Waals surface area contributed by atoms with Gasteiger partial charge in [-0.15, -0.1) is 11.3 Å². The van der Waals surface area contributed by atoms with Crippen molar-refractivity contribution in [1.29, 1.82) is 0 Å². The Morgan fingerprint density at radius 3 is 2.53 bits per heavy atom. The molecule has 3 heterocycles. The van der Waals surface area contributed by atoms with Crippen molar-refractivity contribution in [1.82, 2.24) is 19.8 Å². The summed E-state index contributed by atoms with van der Waals surface area (Å²) in [5.41, 5.74) is 0. The van der Waals surface area contributed by atoms with Crippen LogP contribution in [0.25, 0.3) is 10.7 Å². The van der Waals surface area contributed by atoms with Crippen LogP contribution in [-0.2, 0) is 21.2 Å². The topological polar surface area (TPSA) is 105 Å². The second-order valence-electron chi connectivity index (χ2n) is 9.04. The Morgan fingerprint density at radius 2 is 1.91 bits per heavy atom. The Morgan fingerprint density at radius 1 is 1.22 bits per heavy atom. The summed E-state index contributed by atoms with van der Waals surface area (Å²) in [4.78, 5) is 18.7. The van der Waals surface area contributed by atoms with Crippen molar-refractivity contribution in [2.45, 2.75) is 76.7 Å². The zero-order valence-electron chi connectivity index (χ0n) is 19.0. The van der Waals surface area contributed by atoms with Crippen LogP contribution in [0.2, 0.25) is 0 Å². The Hall–Kier alpha value is -1.78. The van der Waals surface area contributed by atoms with Crippen molar-refractivity contribution in [3.63, 3.8) is 0 Å². The third kappa shape index (κ3) is 4.92. The van der Waals surface area contributed by atoms with Gasteiger partial charge in [0.05, 0.1) is 9.77 Å². The Bertz CT molecular complexity index is 1050. The lowest BCUT2D eigenvalue weighted by atomic mass is 9.87. The van der Waals surface area contributed by atoms with E-state index in [1.54, 1.807) is 13.0 Å². The van der Waals surface area contributed by atoms with Gasteiger partial charge in [0.15, 0.2) is 0 Å². The van der Waals surface area contributed by atoms with Crippen molar-refractivity contribution in [2.24, 2.45) is 11.8 Å². The number of sulfonamides is 1. The first-order chi connectivity index (χ1) is 15.3. The van der Waals surface area contributed by atoms with Crippen molar-refractivity contribution in [3.05, 3.63) is 16.8 Å². The molecular formula is C22H32N4O4S2. The molecule has 1 saturated carbocycles. The first-order valence-electron chi connectivity index (χ1n) is 11.5. The average molecular weight is 481 g/mol. The Labute approximate surface area is 193 Å². The fourth-order valence-electron chi connectivity index (χ4n) is 4.55. The highest BCUT2D eigenvalue weighted by Crippen LogP contribution is 2.35. The number of carbonyl (C=O) groups excluding carboxylic acids is 1. The number of hydrogen-bond acceptors (Lipinski definition) is 7. The lowest BCUT2D eigenvalue weighted by molar-refractivity contribution is -0.127. The number of amides is 1. The molecule has 8 nitrogen and oxygen atoms in total. The van der Waals surface area contributed by atoms with E-state index in [0.29, 0.717) is 58.7 Å². The van der Waals surface area contributed by atoms with Crippen molar-refractivity contribution >= 4 is 27.3 Å². The highest BCUT2D eigenvalue weighted by Gasteiger charge is 2.34. The van der Waals surface area contributed by atoms with E-state index >= 15 is 0 Å². The number of aromatic nitrogens is 2. The summed E-state index contributed by atoms with van der Waals surface area (Å²) in [7, 11) is -3.64. The van der Waals surface area contributed by atoms with Gasteiger partial charge in [0.1, 0.15) is 0 Å². The molecule has 2 aromatic rings. The fraction of sp³-hybridized carbons (Fsp3) is 0.682. The standard InChI is InChI=1S/C22H32N4O4S2/c1-4-20-24-21(25-30-20)18-13-19(15(3)31-18)32(28,29)26-11-9-16(10-12-26)22(27)23-17-7-5-14(2)6-8-17/h13-14,16-17H,4-12H2,1-3H3,(H,23,27). The minimum absolute atomic E-state index is 0.0828. The van der Waals surface area contributed by atoms with E-state index in [9.17, 15) is 13.2 Å². The zero-order valence-corrected chi connectivity index (χ0v) is 20.6. The number of nitrogens with one attached hydrogen (secondary N) is 1. The van der Waals surface area contributed by atoms with Crippen LogP contribution in [0.5, 0.6) is 0 Å². The van der Waals surface area contributed by atoms with Gasteiger partial charge in [-0.1, -0.05) is 19.0 Å². The second kappa shape index (κ2) is 9.61. The molecule has 1 N–H and O–H groups in total. The van der Waals surface area contributed by atoms with E-state index < -0.39 is 10.0 Å². The predicted octanol–water partition coefficient (Wildman–Crippen LogP) is 3.76. The maximum absolute atomic E-state index is 13.3. The van der Waals surface area contributed by atoms with E-state index in [4.69, 9.17) is 4.52 Å². The molecule has 0 unspecified atom stereocenters. The summed E-state index contributed by atoms with van der Waals surface area (Å²) in [5.74, 6) is 1.65. The van der Waals surface area contributed by atoms with Crippen molar-refractivity contribution in [2.75, 3.05) is 13.1 Å². The van der Waals surface area contributed by atoms with E-state index in [0.717, 1.165) is 31.6 Å². The van der Waals surface area contributed by atoms with Gasteiger partial charge in [-0.3, -0.25) is 4.79 Å². The molecule has 0 radical (unpaired) electrons. The third-order valence-corrected chi connectivity index (χ3v) is 9.87. The largest absolute Gasteiger partial charge is 0.353 e. The molecule has 1 saturated heterocycles. The molecule has 2 aliphatic rings. The number of rotatable bonds is 6. The third-order valence-electron chi connectivity index (χ3n) is 6.67. The number of nitrogens with zero attached hydrogens (tertiary/aromatic N) is 3. The van der Waals surface area contributed by atoms with Gasteiger partial charge in [0.25, 0.3) is 0 Å². The van der Waals surface area contributed by atoms with Gasteiger partial charge in [-0.05, 0) is 57.4 Å². The quantitative estimate of drug-likeness (QED) is 0.675.